The van der Waals surface area contributed by atoms with Crippen molar-refractivity contribution in [1.29, 1.82) is 0 Å². The Balaban J connectivity index is 1.65. The average molecular weight is 360 g/mol. The molecule has 0 aliphatic rings. The van der Waals surface area contributed by atoms with Crippen molar-refractivity contribution in [1.82, 2.24) is 4.57 Å². The average Bonchev–Trinajstić information content (AvgIpc) is 3.27. The third-order valence-electron chi connectivity index (χ3n) is 4.56. The number of benzene rings is 2. The standard InChI is InChI=1S/C22H20N2O3/c1-15-3-7-17(8-4-15)23-22(25)20-13-21-19(11-12-27-21)24(20)14-16-5-9-18(26-2)10-6-16/h3-13H,14H2,1-2H3,(H,23,25). The van der Waals surface area contributed by atoms with Gasteiger partial charge >= 0.3 is 0 Å². The van der Waals surface area contributed by atoms with Crippen molar-refractivity contribution in [2.45, 2.75) is 13.5 Å². The fourth-order valence-electron chi connectivity index (χ4n) is 3.08. The molecule has 0 unspecified atom stereocenters. The molecule has 4 aromatic rings. The lowest BCUT2D eigenvalue weighted by molar-refractivity contribution is 0.101. The normalized spacial score (nSPS) is 10.9. The predicted octanol–water partition coefficient (Wildman–Crippen LogP) is 4.85. The maximum Gasteiger partial charge on any atom is 0.272 e. The molecule has 0 atom stereocenters. The van der Waals surface area contributed by atoms with E-state index in [0.29, 0.717) is 17.8 Å². The number of nitrogens with zero attached hydrogens (tertiary/aromatic N) is 1. The summed E-state index contributed by atoms with van der Waals surface area (Å²) >= 11 is 0. The van der Waals surface area contributed by atoms with Gasteiger partial charge in [-0.1, -0.05) is 29.8 Å². The Kier molecular flexibility index (Phi) is 4.42. The largest absolute Gasteiger partial charge is 0.497 e. The summed E-state index contributed by atoms with van der Waals surface area (Å²) in [6.45, 7) is 2.57. The number of amides is 1. The number of aromatic nitrogens is 1. The minimum absolute atomic E-state index is 0.168. The Morgan fingerprint density at radius 1 is 1.07 bits per heavy atom. The summed E-state index contributed by atoms with van der Waals surface area (Å²) in [5.74, 6) is 0.635. The second kappa shape index (κ2) is 7.03. The van der Waals surface area contributed by atoms with Gasteiger partial charge in [-0.25, -0.2) is 0 Å². The Hall–Kier alpha value is -3.47. The number of anilines is 1. The molecule has 5 heteroatoms. The van der Waals surface area contributed by atoms with Crippen molar-refractivity contribution in [3.63, 3.8) is 0 Å². The first kappa shape index (κ1) is 17.0. The first-order valence-electron chi connectivity index (χ1n) is 8.72. The molecule has 0 saturated carbocycles. The van der Waals surface area contributed by atoms with E-state index in [2.05, 4.69) is 5.32 Å². The van der Waals surface area contributed by atoms with E-state index in [1.165, 1.54) is 0 Å². The number of hydrogen-bond acceptors (Lipinski definition) is 3. The van der Waals surface area contributed by atoms with Gasteiger partial charge in [-0.15, -0.1) is 0 Å². The van der Waals surface area contributed by atoms with Crippen molar-refractivity contribution in [3.05, 3.63) is 83.7 Å². The van der Waals surface area contributed by atoms with Crippen LogP contribution in [-0.4, -0.2) is 17.6 Å². The highest BCUT2D eigenvalue weighted by atomic mass is 16.5. The van der Waals surface area contributed by atoms with Crippen LogP contribution in [0.2, 0.25) is 0 Å². The van der Waals surface area contributed by atoms with E-state index < -0.39 is 0 Å². The fourth-order valence-corrected chi connectivity index (χ4v) is 3.08. The third kappa shape index (κ3) is 3.44. The van der Waals surface area contributed by atoms with Crippen molar-refractivity contribution >= 4 is 22.7 Å². The summed E-state index contributed by atoms with van der Waals surface area (Å²) in [5.41, 5.74) is 5.12. The van der Waals surface area contributed by atoms with Gasteiger partial charge in [0.15, 0.2) is 5.58 Å². The zero-order valence-electron chi connectivity index (χ0n) is 15.2. The van der Waals surface area contributed by atoms with Crippen LogP contribution in [0.15, 0.2) is 71.3 Å². The first-order chi connectivity index (χ1) is 13.1. The van der Waals surface area contributed by atoms with Crippen LogP contribution in [0.5, 0.6) is 5.75 Å². The van der Waals surface area contributed by atoms with Gasteiger partial charge in [-0.2, -0.15) is 0 Å². The Morgan fingerprint density at radius 2 is 1.81 bits per heavy atom. The maximum absolute atomic E-state index is 12.9. The minimum atomic E-state index is -0.168. The molecular formula is C22H20N2O3. The monoisotopic (exact) mass is 360 g/mol. The number of aryl methyl sites for hydroxylation is 1. The smallest absolute Gasteiger partial charge is 0.272 e. The predicted molar refractivity (Wildman–Crippen MR) is 105 cm³/mol. The highest BCUT2D eigenvalue weighted by Crippen LogP contribution is 2.24. The van der Waals surface area contributed by atoms with Crippen LogP contribution in [-0.2, 0) is 6.54 Å². The molecule has 0 bridgehead atoms. The maximum atomic E-state index is 12.9. The Labute approximate surface area is 157 Å². The molecule has 0 fully saturated rings. The Morgan fingerprint density at radius 3 is 2.52 bits per heavy atom. The number of carbonyl (C=O) groups is 1. The van der Waals surface area contributed by atoms with Crippen LogP contribution in [0.25, 0.3) is 11.1 Å². The number of fused-ring (bicyclic) bond motifs is 1. The van der Waals surface area contributed by atoms with Crippen molar-refractivity contribution in [2.75, 3.05) is 12.4 Å². The van der Waals surface area contributed by atoms with Crippen LogP contribution >= 0.6 is 0 Å². The van der Waals surface area contributed by atoms with Crippen molar-refractivity contribution < 1.29 is 13.9 Å². The van der Waals surface area contributed by atoms with Gasteiger partial charge in [0.05, 0.1) is 18.9 Å². The fraction of sp³-hybridized carbons (Fsp3) is 0.136. The summed E-state index contributed by atoms with van der Waals surface area (Å²) in [6.07, 6.45) is 1.64. The van der Waals surface area contributed by atoms with E-state index in [4.69, 9.17) is 9.15 Å². The molecule has 5 nitrogen and oxygen atoms in total. The number of carbonyl (C=O) groups excluding carboxylic acids is 1. The summed E-state index contributed by atoms with van der Waals surface area (Å²) in [7, 11) is 1.64. The number of hydrogen-bond donors (Lipinski definition) is 1. The summed E-state index contributed by atoms with van der Waals surface area (Å²) in [4.78, 5) is 12.9. The zero-order valence-corrected chi connectivity index (χ0v) is 15.2. The van der Waals surface area contributed by atoms with E-state index in [0.717, 1.165) is 28.1 Å². The zero-order chi connectivity index (χ0) is 18.8. The molecule has 27 heavy (non-hydrogen) atoms. The van der Waals surface area contributed by atoms with Crippen molar-refractivity contribution in [3.8, 4) is 5.75 Å². The third-order valence-corrected chi connectivity index (χ3v) is 4.56. The molecule has 2 aromatic carbocycles. The molecule has 136 valence electrons. The van der Waals surface area contributed by atoms with Gasteiger partial charge in [0.1, 0.15) is 11.4 Å². The highest BCUT2D eigenvalue weighted by molar-refractivity contribution is 6.05. The number of nitrogens with one attached hydrogen (secondary N) is 1. The molecule has 0 aliphatic carbocycles. The van der Waals surface area contributed by atoms with Crippen LogP contribution in [0, 0.1) is 6.92 Å². The van der Waals surface area contributed by atoms with Gasteiger partial charge in [0.25, 0.3) is 5.91 Å². The van der Waals surface area contributed by atoms with Gasteiger partial charge in [0.2, 0.25) is 0 Å². The van der Waals surface area contributed by atoms with Crippen molar-refractivity contribution in [2.24, 2.45) is 0 Å². The summed E-state index contributed by atoms with van der Waals surface area (Å²) < 4.78 is 12.7. The van der Waals surface area contributed by atoms with Crippen LogP contribution < -0.4 is 10.1 Å². The Bertz CT molecular complexity index is 1070. The number of rotatable bonds is 5. The second-order valence-corrected chi connectivity index (χ2v) is 6.45. The lowest BCUT2D eigenvalue weighted by Gasteiger charge is -2.11. The minimum Gasteiger partial charge on any atom is -0.497 e. The SMILES string of the molecule is COc1ccc(Cn2c(C(=O)Nc3ccc(C)cc3)cc3occc32)cc1. The van der Waals surface area contributed by atoms with E-state index in [1.807, 2.05) is 66.1 Å². The van der Waals surface area contributed by atoms with Gasteiger partial charge in [-0.3, -0.25) is 4.79 Å². The number of methoxy groups -OCH3 is 1. The summed E-state index contributed by atoms with van der Waals surface area (Å²) in [5, 5.41) is 2.96. The number of furan rings is 1. The van der Waals surface area contributed by atoms with E-state index in [-0.39, 0.29) is 5.91 Å². The van der Waals surface area contributed by atoms with E-state index in [1.54, 1.807) is 19.4 Å². The van der Waals surface area contributed by atoms with Gasteiger partial charge in [-0.05, 0) is 36.8 Å². The second-order valence-electron chi connectivity index (χ2n) is 6.45. The molecule has 2 aromatic heterocycles. The van der Waals surface area contributed by atoms with Crippen LogP contribution in [0.4, 0.5) is 5.69 Å². The summed E-state index contributed by atoms with van der Waals surface area (Å²) in [6, 6.07) is 19.2. The molecule has 0 radical (unpaired) electrons. The van der Waals surface area contributed by atoms with Crippen LogP contribution in [0.3, 0.4) is 0 Å². The molecule has 0 aliphatic heterocycles. The molecule has 1 amide bonds. The quantitative estimate of drug-likeness (QED) is 0.553. The van der Waals surface area contributed by atoms with E-state index in [9.17, 15) is 4.79 Å². The lowest BCUT2D eigenvalue weighted by atomic mass is 10.2. The van der Waals surface area contributed by atoms with Crippen LogP contribution in [0.1, 0.15) is 21.6 Å². The molecule has 1 N–H and O–H groups in total. The molecule has 0 spiro atoms. The number of ether oxygens (including phenoxy) is 1. The molecular weight excluding hydrogens is 340 g/mol. The van der Waals surface area contributed by atoms with Gasteiger partial charge < -0.3 is 19.0 Å². The first-order valence-corrected chi connectivity index (χ1v) is 8.72. The molecule has 2 heterocycles. The molecule has 4 rings (SSSR count). The topological polar surface area (TPSA) is 56.4 Å². The lowest BCUT2D eigenvalue weighted by Crippen LogP contribution is -2.17. The highest BCUT2D eigenvalue weighted by Gasteiger charge is 2.18. The van der Waals surface area contributed by atoms with Gasteiger partial charge in [0, 0.05) is 24.4 Å². The molecule has 0 saturated heterocycles. The van der Waals surface area contributed by atoms with E-state index >= 15 is 0 Å².